The van der Waals surface area contributed by atoms with Crippen LogP contribution >= 0.6 is 0 Å². The summed E-state index contributed by atoms with van der Waals surface area (Å²) in [5, 5.41) is 4.31. The molecule has 14 rings (SSSR count). The van der Waals surface area contributed by atoms with Gasteiger partial charge < -0.3 is 13.9 Å². The van der Waals surface area contributed by atoms with E-state index >= 15 is 0 Å². The standard InChI is InChI=1S/C63H38N2O/c1-39-47-21-12-22-48(62(47)55-24-13-23-54-49-18-8-9-20-53(49)61(39)63(54)55)42-28-33-51-52-34-31-46(38-60(52)66-59(51)36-42)64(44-29-26-41(27-30-44)40-14-4-2-5-15-40)45-32-35-58-56(37-45)50-19-10-11-25-57(50)65(58)43-16-6-3-7-17-43/h2-9,11-18,20-38,61H,1H2. The van der Waals surface area contributed by atoms with Crippen LogP contribution in [0.15, 0.2) is 223 Å². The van der Waals surface area contributed by atoms with E-state index in [1.54, 1.807) is 0 Å². The van der Waals surface area contributed by atoms with E-state index in [0.29, 0.717) is 0 Å². The minimum absolute atomic E-state index is 0.164. The molecule has 10 aromatic carbocycles. The molecule has 2 aliphatic rings. The van der Waals surface area contributed by atoms with Gasteiger partial charge in [-0.15, -0.1) is 0 Å². The van der Waals surface area contributed by atoms with Gasteiger partial charge in [0.1, 0.15) is 11.2 Å². The molecular formula is C63H38N2O. The number of para-hydroxylation sites is 1. The summed E-state index contributed by atoms with van der Waals surface area (Å²) in [7, 11) is 0. The minimum atomic E-state index is 0.164. The molecule has 0 N–H and O–H groups in total. The lowest BCUT2D eigenvalue weighted by Crippen LogP contribution is -2.09. The second-order valence-corrected chi connectivity index (χ2v) is 17.5. The maximum Gasteiger partial charge on any atom is 0.137 e. The average molecular weight is 839 g/mol. The fourth-order valence-corrected chi connectivity index (χ4v) is 11.1. The molecule has 0 aliphatic heterocycles. The van der Waals surface area contributed by atoms with Crippen molar-refractivity contribution in [1.82, 2.24) is 4.57 Å². The first-order valence-electron chi connectivity index (χ1n) is 22.6. The summed E-state index contributed by atoms with van der Waals surface area (Å²) in [5.74, 6) is 0.164. The van der Waals surface area contributed by atoms with Crippen LogP contribution < -0.4 is 4.90 Å². The summed E-state index contributed by atoms with van der Waals surface area (Å²) < 4.78 is 9.22. The van der Waals surface area contributed by atoms with E-state index in [-0.39, 0.29) is 5.92 Å². The van der Waals surface area contributed by atoms with E-state index < -0.39 is 0 Å². The maximum absolute atomic E-state index is 6.90. The van der Waals surface area contributed by atoms with E-state index in [2.05, 4.69) is 228 Å². The van der Waals surface area contributed by atoms with Crippen LogP contribution in [-0.4, -0.2) is 4.57 Å². The molecule has 0 amide bonds. The van der Waals surface area contributed by atoms with Crippen molar-refractivity contribution in [2.75, 3.05) is 4.90 Å². The Morgan fingerprint density at radius 1 is 0.470 bits per heavy atom. The van der Waals surface area contributed by atoms with Crippen LogP contribution in [0, 0.1) is 12.1 Å². The van der Waals surface area contributed by atoms with Gasteiger partial charge in [0.25, 0.3) is 0 Å². The molecule has 2 aromatic heterocycles. The first-order chi connectivity index (χ1) is 32.7. The zero-order chi connectivity index (χ0) is 43.5. The molecule has 12 aromatic rings. The van der Waals surface area contributed by atoms with Gasteiger partial charge in [-0.25, -0.2) is 0 Å². The second-order valence-electron chi connectivity index (χ2n) is 17.5. The molecule has 0 fully saturated rings. The number of hydrogen-bond donors (Lipinski definition) is 0. The molecule has 66 heavy (non-hydrogen) atoms. The Kier molecular flexibility index (Phi) is 7.81. The Bertz CT molecular complexity index is 3950. The Morgan fingerprint density at radius 3 is 1.95 bits per heavy atom. The van der Waals surface area contributed by atoms with Gasteiger partial charge in [-0.05, 0) is 146 Å². The lowest BCUT2D eigenvalue weighted by atomic mass is 9.73. The molecule has 1 unspecified atom stereocenters. The zero-order valence-corrected chi connectivity index (χ0v) is 35.8. The number of furan rings is 1. The summed E-state index contributed by atoms with van der Waals surface area (Å²) >= 11 is 0. The smallest absolute Gasteiger partial charge is 0.137 e. The predicted molar refractivity (Wildman–Crippen MR) is 273 cm³/mol. The van der Waals surface area contributed by atoms with Gasteiger partial charge in [0.05, 0.1) is 16.4 Å². The van der Waals surface area contributed by atoms with Crippen molar-refractivity contribution in [2.45, 2.75) is 5.92 Å². The topological polar surface area (TPSA) is 21.3 Å². The molecule has 0 bridgehead atoms. The minimum Gasteiger partial charge on any atom is -0.456 e. The monoisotopic (exact) mass is 838 g/mol. The van der Waals surface area contributed by atoms with E-state index in [4.69, 9.17) is 11.0 Å². The fraction of sp³-hybridized carbons (Fsp3) is 0.0159. The highest BCUT2D eigenvalue weighted by Crippen LogP contribution is 2.59. The summed E-state index contributed by atoms with van der Waals surface area (Å²) in [4.78, 5) is 2.33. The largest absolute Gasteiger partial charge is 0.456 e. The third-order valence-corrected chi connectivity index (χ3v) is 14.0. The number of rotatable bonds is 6. The van der Waals surface area contributed by atoms with Crippen LogP contribution in [0.5, 0.6) is 0 Å². The first-order valence-corrected chi connectivity index (χ1v) is 22.6. The average Bonchev–Trinajstić information content (AvgIpc) is 4.04. The van der Waals surface area contributed by atoms with E-state index in [9.17, 15) is 0 Å². The number of allylic oxidation sites excluding steroid dienone is 1. The number of nitrogens with zero attached hydrogens (tertiary/aromatic N) is 2. The van der Waals surface area contributed by atoms with Crippen molar-refractivity contribution in [3.63, 3.8) is 0 Å². The number of hydrogen-bond acceptors (Lipinski definition) is 2. The number of anilines is 3. The highest BCUT2D eigenvalue weighted by atomic mass is 16.3. The zero-order valence-electron chi connectivity index (χ0n) is 35.8. The SMILES string of the molecule is C=C1c2cccc(-c3ccc4c(c3)oc3cc(N(c5ccc(-c6ccccc6)cc5)c5ccc6c(c5)c5c#cccc5n6-c5ccccc5)ccc34)c2-c2cccc3c2C1c1ccccc1-3. The molecule has 0 spiro atoms. The summed E-state index contributed by atoms with van der Waals surface area (Å²) in [6, 6.07) is 83.1. The number of aromatic nitrogens is 1. The normalized spacial score (nSPS) is 13.5. The Balaban J connectivity index is 0.907. The first kappa shape index (κ1) is 36.6. The highest BCUT2D eigenvalue weighted by Gasteiger charge is 2.38. The Morgan fingerprint density at radius 2 is 1.11 bits per heavy atom. The molecule has 2 aliphatic carbocycles. The van der Waals surface area contributed by atoms with Crippen LogP contribution in [0.1, 0.15) is 22.6 Å². The Labute approximate surface area is 382 Å². The molecule has 0 saturated carbocycles. The third kappa shape index (κ3) is 5.33. The fourth-order valence-electron chi connectivity index (χ4n) is 11.1. The van der Waals surface area contributed by atoms with Crippen LogP contribution in [0.3, 0.4) is 0 Å². The van der Waals surface area contributed by atoms with Crippen molar-refractivity contribution in [1.29, 1.82) is 0 Å². The van der Waals surface area contributed by atoms with Gasteiger partial charge in [-0.2, -0.15) is 0 Å². The van der Waals surface area contributed by atoms with Gasteiger partial charge in [-0.1, -0.05) is 146 Å². The molecular weight excluding hydrogens is 801 g/mol. The lowest BCUT2D eigenvalue weighted by Gasteiger charge is -2.29. The van der Waals surface area contributed by atoms with E-state index in [1.807, 2.05) is 6.07 Å². The molecule has 306 valence electrons. The van der Waals surface area contributed by atoms with Crippen LogP contribution in [0.2, 0.25) is 0 Å². The number of benzene rings is 9. The van der Waals surface area contributed by atoms with Gasteiger partial charge in [0.2, 0.25) is 0 Å². The van der Waals surface area contributed by atoms with Gasteiger partial charge in [-0.3, -0.25) is 0 Å². The van der Waals surface area contributed by atoms with Gasteiger partial charge in [0, 0.05) is 50.9 Å². The molecule has 3 heteroatoms. The molecule has 0 saturated heterocycles. The summed E-state index contributed by atoms with van der Waals surface area (Å²) in [6.07, 6.45) is 0. The number of fused-ring (bicyclic) bond motifs is 11. The van der Waals surface area contributed by atoms with Crippen molar-refractivity contribution < 1.29 is 4.42 Å². The van der Waals surface area contributed by atoms with Crippen molar-refractivity contribution in [3.05, 3.63) is 248 Å². The van der Waals surface area contributed by atoms with Crippen LogP contribution in [0.4, 0.5) is 17.1 Å². The quantitative estimate of drug-likeness (QED) is 0.166. The second kappa shape index (κ2) is 14.1. The van der Waals surface area contributed by atoms with Crippen molar-refractivity contribution >= 4 is 66.4 Å². The summed E-state index contributed by atoms with van der Waals surface area (Å²) in [5.41, 5.74) is 23.0. The van der Waals surface area contributed by atoms with Crippen molar-refractivity contribution in [3.8, 4) is 50.2 Å². The molecule has 2 heterocycles. The van der Waals surface area contributed by atoms with Crippen LogP contribution in [0.25, 0.3) is 99.5 Å². The van der Waals surface area contributed by atoms with Gasteiger partial charge >= 0.3 is 0 Å². The van der Waals surface area contributed by atoms with E-state index in [1.165, 1.54) is 55.6 Å². The van der Waals surface area contributed by atoms with Crippen molar-refractivity contribution in [2.24, 2.45) is 0 Å². The maximum atomic E-state index is 6.90. The molecule has 0 radical (unpaired) electrons. The molecule has 3 nitrogen and oxygen atoms in total. The predicted octanol–water partition coefficient (Wildman–Crippen LogP) is 16.9. The Hall–Kier alpha value is -8.84. The van der Waals surface area contributed by atoms with Gasteiger partial charge in [0.15, 0.2) is 0 Å². The van der Waals surface area contributed by atoms with Crippen LogP contribution in [-0.2, 0) is 0 Å². The molecule has 1 atom stereocenters. The summed E-state index contributed by atoms with van der Waals surface area (Å²) in [6.45, 7) is 4.75. The lowest BCUT2D eigenvalue weighted by molar-refractivity contribution is 0.669. The van der Waals surface area contributed by atoms with E-state index in [0.717, 1.165) is 77.6 Å². The third-order valence-electron chi connectivity index (χ3n) is 14.0. The highest BCUT2D eigenvalue weighted by molar-refractivity contribution is 6.11.